The van der Waals surface area contributed by atoms with Gasteiger partial charge >= 0.3 is 6.18 Å². The molecule has 2 aromatic heterocycles. The highest BCUT2D eigenvalue weighted by Gasteiger charge is 2.54. The first kappa shape index (κ1) is 25.3. The number of fused-ring (bicyclic) bond motifs is 2. The highest BCUT2D eigenvalue weighted by molar-refractivity contribution is 5.95. The molecule has 1 spiro atoms. The third-order valence-corrected chi connectivity index (χ3v) is 8.13. The number of nitrogens with zero attached hydrogens (tertiary/aromatic N) is 4. The molecule has 6 rings (SSSR count). The molecule has 4 heterocycles. The number of aromatic nitrogens is 3. The van der Waals surface area contributed by atoms with E-state index in [4.69, 9.17) is 0 Å². The lowest BCUT2D eigenvalue weighted by molar-refractivity contribution is -0.138. The second-order valence-corrected chi connectivity index (χ2v) is 10.4. The predicted molar refractivity (Wildman–Crippen MR) is 136 cm³/mol. The number of anilines is 1. The maximum absolute atomic E-state index is 13.3. The van der Waals surface area contributed by atoms with E-state index >= 15 is 0 Å². The highest BCUT2D eigenvalue weighted by atomic mass is 19.4. The highest BCUT2D eigenvalue weighted by Crippen LogP contribution is 2.54. The molecule has 3 aromatic rings. The molecule has 1 unspecified atom stereocenters. The Morgan fingerprint density at radius 2 is 1.74 bits per heavy atom. The number of carbonyl (C=O) groups excluding carboxylic acids is 2. The normalized spacial score (nSPS) is 19.9. The van der Waals surface area contributed by atoms with E-state index in [9.17, 15) is 22.8 Å². The smallest absolute Gasteiger partial charge is 0.381 e. The van der Waals surface area contributed by atoms with E-state index in [1.54, 1.807) is 29.4 Å². The van der Waals surface area contributed by atoms with E-state index in [1.807, 2.05) is 12.1 Å². The van der Waals surface area contributed by atoms with Crippen molar-refractivity contribution in [3.8, 4) is 0 Å². The Morgan fingerprint density at radius 1 is 1.03 bits per heavy atom. The summed E-state index contributed by atoms with van der Waals surface area (Å²) in [6.07, 6.45) is 3.54. The Bertz CT molecular complexity index is 1400. The van der Waals surface area contributed by atoms with E-state index in [0.717, 1.165) is 43.0 Å². The number of nitrogens with one attached hydrogen (secondary N) is 2. The van der Waals surface area contributed by atoms with Crippen molar-refractivity contribution in [2.45, 2.75) is 49.9 Å². The van der Waals surface area contributed by atoms with E-state index in [-0.39, 0.29) is 35.4 Å². The largest absolute Gasteiger partial charge is 0.418 e. The van der Waals surface area contributed by atoms with Gasteiger partial charge in [0.15, 0.2) is 0 Å². The summed E-state index contributed by atoms with van der Waals surface area (Å²) in [6, 6.07) is 9.49. The van der Waals surface area contributed by atoms with Gasteiger partial charge in [-0.05, 0) is 73.6 Å². The van der Waals surface area contributed by atoms with Crippen LogP contribution in [0, 0.1) is 5.92 Å². The first-order chi connectivity index (χ1) is 18.8. The first-order valence-corrected chi connectivity index (χ1v) is 13.0. The van der Waals surface area contributed by atoms with Crippen molar-refractivity contribution >= 4 is 17.5 Å². The SMILES string of the molecule is O=C(NCc1ncccc1C(F)(F)F)c1ccc2c(c1)C1(CCN(C(=O)c3ncccn3)CC1)C(C1CC1)N2. The zero-order valence-electron chi connectivity index (χ0n) is 21.0. The minimum absolute atomic E-state index is 0.178. The zero-order valence-corrected chi connectivity index (χ0v) is 21.0. The lowest BCUT2D eigenvalue weighted by Crippen LogP contribution is -2.51. The summed E-state index contributed by atoms with van der Waals surface area (Å²) in [5.74, 6) is 0.0490. The molecule has 11 heteroatoms. The number of pyridine rings is 1. The third-order valence-electron chi connectivity index (χ3n) is 8.13. The van der Waals surface area contributed by atoms with Crippen LogP contribution in [0.5, 0.6) is 0 Å². The van der Waals surface area contributed by atoms with Crippen LogP contribution in [0.25, 0.3) is 0 Å². The summed E-state index contributed by atoms with van der Waals surface area (Å²) < 4.78 is 40.0. The number of likely N-dealkylation sites (tertiary alicyclic amines) is 1. The van der Waals surface area contributed by atoms with Gasteiger partial charge in [0.2, 0.25) is 5.82 Å². The molecule has 1 saturated carbocycles. The summed E-state index contributed by atoms with van der Waals surface area (Å²) in [6.45, 7) is 0.744. The Labute approximate surface area is 223 Å². The maximum atomic E-state index is 13.3. The molecule has 0 radical (unpaired) electrons. The topological polar surface area (TPSA) is 100 Å². The van der Waals surface area contributed by atoms with Crippen LogP contribution in [-0.2, 0) is 18.1 Å². The molecule has 2 N–H and O–H groups in total. The monoisotopic (exact) mass is 536 g/mol. The molecule has 8 nitrogen and oxygen atoms in total. The van der Waals surface area contributed by atoms with E-state index < -0.39 is 17.6 Å². The Morgan fingerprint density at radius 3 is 2.44 bits per heavy atom. The van der Waals surface area contributed by atoms with Gasteiger partial charge in [-0.25, -0.2) is 9.97 Å². The van der Waals surface area contributed by atoms with Crippen LogP contribution in [0.2, 0.25) is 0 Å². The molecule has 1 aliphatic carbocycles. The van der Waals surface area contributed by atoms with Crippen LogP contribution < -0.4 is 10.6 Å². The van der Waals surface area contributed by atoms with Gasteiger partial charge in [0, 0.05) is 54.4 Å². The number of halogens is 3. The molecule has 2 fully saturated rings. The Kier molecular flexibility index (Phi) is 6.23. The van der Waals surface area contributed by atoms with Gasteiger partial charge in [0.05, 0.1) is 17.8 Å². The molecule has 202 valence electrons. The third kappa shape index (κ3) is 4.70. The van der Waals surface area contributed by atoms with Crippen LogP contribution in [0.15, 0.2) is 55.0 Å². The van der Waals surface area contributed by atoms with E-state index in [2.05, 4.69) is 25.6 Å². The molecule has 1 aromatic carbocycles. The van der Waals surface area contributed by atoms with Crippen molar-refractivity contribution in [2.24, 2.45) is 5.92 Å². The molecular weight excluding hydrogens is 509 g/mol. The van der Waals surface area contributed by atoms with Crippen molar-refractivity contribution in [3.63, 3.8) is 0 Å². The van der Waals surface area contributed by atoms with Gasteiger partial charge in [0.1, 0.15) is 0 Å². The number of benzene rings is 1. The van der Waals surface area contributed by atoms with Gasteiger partial charge in [-0.2, -0.15) is 13.2 Å². The van der Waals surface area contributed by atoms with Crippen LogP contribution >= 0.6 is 0 Å². The molecular formula is C28H27F3N6O2. The number of hydrogen-bond acceptors (Lipinski definition) is 6. The second kappa shape index (κ2) is 9.62. The number of piperidine rings is 1. The van der Waals surface area contributed by atoms with Crippen molar-refractivity contribution < 1.29 is 22.8 Å². The maximum Gasteiger partial charge on any atom is 0.418 e. The molecule has 2 amide bonds. The number of amides is 2. The number of alkyl halides is 3. The first-order valence-electron chi connectivity index (χ1n) is 13.0. The summed E-state index contributed by atoms with van der Waals surface area (Å²) in [5, 5.41) is 6.29. The molecule has 0 bridgehead atoms. The van der Waals surface area contributed by atoms with Crippen molar-refractivity contribution in [2.75, 3.05) is 18.4 Å². The molecule has 1 saturated heterocycles. The average molecular weight is 537 g/mol. The fourth-order valence-corrected chi connectivity index (χ4v) is 6.04. The minimum Gasteiger partial charge on any atom is -0.381 e. The second-order valence-electron chi connectivity index (χ2n) is 10.4. The fraction of sp³-hybridized carbons (Fsp3) is 0.393. The lowest BCUT2D eigenvalue weighted by atomic mass is 9.68. The zero-order chi connectivity index (χ0) is 27.2. The van der Waals surface area contributed by atoms with Crippen molar-refractivity contribution in [1.82, 2.24) is 25.2 Å². The molecule has 1 atom stereocenters. The van der Waals surface area contributed by atoms with Gasteiger partial charge in [-0.3, -0.25) is 14.6 Å². The van der Waals surface area contributed by atoms with Crippen LogP contribution in [-0.4, -0.2) is 50.8 Å². The van der Waals surface area contributed by atoms with Crippen LogP contribution in [0.4, 0.5) is 18.9 Å². The summed E-state index contributed by atoms with van der Waals surface area (Å²) in [5.41, 5.74) is 1.04. The fourth-order valence-electron chi connectivity index (χ4n) is 6.04. The lowest BCUT2D eigenvalue weighted by Gasteiger charge is -2.43. The minimum atomic E-state index is -4.55. The standard InChI is InChI=1S/C28H27F3N6O2/c29-28(30,31)19-3-1-10-32-22(19)16-35-25(38)18-6-7-21-20(15-18)27(23(36-21)17-4-5-17)8-13-37(14-9-27)26(39)24-33-11-2-12-34-24/h1-3,6-7,10-12,15,17,23,36H,4-5,8-9,13-14,16H2,(H,35,38). The number of hydrogen-bond donors (Lipinski definition) is 2. The molecule has 39 heavy (non-hydrogen) atoms. The average Bonchev–Trinajstić information content (AvgIpc) is 3.75. The van der Waals surface area contributed by atoms with Crippen LogP contribution in [0.3, 0.4) is 0 Å². The summed E-state index contributed by atoms with van der Waals surface area (Å²) in [4.78, 5) is 39.8. The van der Waals surface area contributed by atoms with Crippen molar-refractivity contribution in [3.05, 3.63) is 83.2 Å². The van der Waals surface area contributed by atoms with Crippen LogP contribution in [0.1, 0.15) is 63.5 Å². The number of carbonyl (C=O) groups is 2. The van der Waals surface area contributed by atoms with E-state index in [1.165, 1.54) is 12.3 Å². The Hall–Kier alpha value is -4.02. The quantitative estimate of drug-likeness (QED) is 0.507. The molecule has 3 aliphatic rings. The Balaban J connectivity index is 1.22. The van der Waals surface area contributed by atoms with Crippen molar-refractivity contribution in [1.29, 1.82) is 0 Å². The number of rotatable bonds is 5. The van der Waals surface area contributed by atoms with Gasteiger partial charge in [-0.1, -0.05) is 0 Å². The van der Waals surface area contributed by atoms with E-state index in [0.29, 0.717) is 24.6 Å². The molecule has 2 aliphatic heterocycles. The van der Waals surface area contributed by atoms with Gasteiger partial charge in [-0.15, -0.1) is 0 Å². The summed E-state index contributed by atoms with van der Waals surface area (Å²) in [7, 11) is 0. The van der Waals surface area contributed by atoms with Gasteiger partial charge < -0.3 is 15.5 Å². The summed E-state index contributed by atoms with van der Waals surface area (Å²) >= 11 is 0. The van der Waals surface area contributed by atoms with Gasteiger partial charge in [0.25, 0.3) is 11.8 Å². The predicted octanol–water partition coefficient (Wildman–Crippen LogP) is 4.20.